The fourth-order valence-electron chi connectivity index (χ4n) is 4.17. The van der Waals surface area contributed by atoms with Gasteiger partial charge >= 0.3 is 0 Å². The molecular weight excluding hydrogens is 362 g/mol. The van der Waals surface area contributed by atoms with Crippen LogP contribution in [-0.2, 0) is 10.0 Å². The number of nitrogens with one attached hydrogen (secondary N) is 1. The van der Waals surface area contributed by atoms with Crippen LogP contribution in [0.1, 0.15) is 43.5 Å². The summed E-state index contributed by atoms with van der Waals surface area (Å²) in [6, 6.07) is 6.60. The SMILES string of the molecule is CC1CC(C)CN(S(=O)(=O)c2cccc(C(=O)NC3CCN(C)CC3)c2)C1. The number of hydrogen-bond donors (Lipinski definition) is 1. The molecule has 0 bridgehead atoms. The normalized spacial score (nSPS) is 26.0. The van der Waals surface area contributed by atoms with Gasteiger partial charge in [0.2, 0.25) is 10.0 Å². The molecule has 150 valence electrons. The van der Waals surface area contributed by atoms with Crippen molar-refractivity contribution in [2.45, 2.75) is 44.0 Å². The van der Waals surface area contributed by atoms with Crippen LogP contribution in [0.25, 0.3) is 0 Å². The highest BCUT2D eigenvalue weighted by molar-refractivity contribution is 7.89. The van der Waals surface area contributed by atoms with Crippen molar-refractivity contribution in [2.75, 3.05) is 33.2 Å². The zero-order valence-corrected chi connectivity index (χ0v) is 17.3. The summed E-state index contributed by atoms with van der Waals surface area (Å²) >= 11 is 0. The third-order valence-corrected chi connectivity index (χ3v) is 7.45. The van der Waals surface area contributed by atoms with Gasteiger partial charge in [0.15, 0.2) is 0 Å². The van der Waals surface area contributed by atoms with Gasteiger partial charge in [-0.15, -0.1) is 0 Å². The molecule has 2 aliphatic rings. The second-order valence-electron chi connectivity index (χ2n) is 8.35. The minimum atomic E-state index is -3.58. The van der Waals surface area contributed by atoms with Crippen molar-refractivity contribution < 1.29 is 13.2 Å². The molecule has 0 aromatic heterocycles. The van der Waals surface area contributed by atoms with Gasteiger partial charge in [0.25, 0.3) is 5.91 Å². The molecule has 1 aromatic carbocycles. The Morgan fingerprint density at radius 2 is 1.74 bits per heavy atom. The number of sulfonamides is 1. The molecule has 2 saturated heterocycles. The standard InChI is InChI=1S/C20H31N3O3S/c1-15-11-16(2)14-23(13-15)27(25,26)19-6-4-5-17(12-19)20(24)21-18-7-9-22(3)10-8-18/h4-6,12,15-16,18H,7-11,13-14H2,1-3H3,(H,21,24). The molecular formula is C20H31N3O3S. The van der Waals surface area contributed by atoms with Crippen molar-refractivity contribution >= 4 is 15.9 Å². The first-order valence-electron chi connectivity index (χ1n) is 9.85. The second kappa shape index (κ2) is 8.29. The van der Waals surface area contributed by atoms with E-state index in [9.17, 15) is 13.2 Å². The van der Waals surface area contributed by atoms with Gasteiger partial charge in [-0.3, -0.25) is 4.79 Å². The molecule has 1 N–H and O–H groups in total. The molecule has 0 saturated carbocycles. The Morgan fingerprint density at radius 1 is 1.11 bits per heavy atom. The highest BCUT2D eigenvalue weighted by Gasteiger charge is 2.32. The minimum Gasteiger partial charge on any atom is -0.349 e. The van der Waals surface area contributed by atoms with Gasteiger partial charge in [0.1, 0.15) is 0 Å². The summed E-state index contributed by atoms with van der Waals surface area (Å²) in [6.45, 7) is 7.18. The van der Waals surface area contributed by atoms with Gasteiger partial charge in [-0.1, -0.05) is 19.9 Å². The molecule has 2 fully saturated rings. The van der Waals surface area contributed by atoms with Crippen LogP contribution in [-0.4, -0.2) is 62.8 Å². The Morgan fingerprint density at radius 3 is 2.37 bits per heavy atom. The van der Waals surface area contributed by atoms with E-state index in [4.69, 9.17) is 0 Å². The molecule has 0 aliphatic carbocycles. The molecule has 2 heterocycles. The molecule has 1 aromatic rings. The molecule has 2 unspecified atom stereocenters. The molecule has 3 rings (SSSR count). The molecule has 6 nitrogen and oxygen atoms in total. The van der Waals surface area contributed by atoms with Gasteiger partial charge < -0.3 is 10.2 Å². The predicted molar refractivity (Wildman–Crippen MR) is 106 cm³/mol. The van der Waals surface area contributed by atoms with E-state index >= 15 is 0 Å². The topological polar surface area (TPSA) is 69.7 Å². The van der Waals surface area contributed by atoms with Gasteiger partial charge in [-0.2, -0.15) is 4.31 Å². The van der Waals surface area contributed by atoms with E-state index in [-0.39, 0.29) is 16.8 Å². The monoisotopic (exact) mass is 393 g/mol. The minimum absolute atomic E-state index is 0.151. The van der Waals surface area contributed by atoms with Crippen LogP contribution in [0.5, 0.6) is 0 Å². The molecule has 27 heavy (non-hydrogen) atoms. The first kappa shape index (κ1) is 20.3. The van der Waals surface area contributed by atoms with E-state index in [1.807, 2.05) is 0 Å². The molecule has 0 radical (unpaired) electrons. The summed E-state index contributed by atoms with van der Waals surface area (Å²) in [4.78, 5) is 15.1. The first-order chi connectivity index (χ1) is 12.8. The lowest BCUT2D eigenvalue weighted by molar-refractivity contribution is 0.0916. The van der Waals surface area contributed by atoms with Crippen molar-refractivity contribution in [1.82, 2.24) is 14.5 Å². The Bertz CT molecular complexity index is 762. The molecule has 2 aliphatic heterocycles. The van der Waals surface area contributed by atoms with E-state index in [0.717, 1.165) is 32.4 Å². The predicted octanol–water partition coefficient (Wildman–Crippen LogP) is 2.18. The largest absolute Gasteiger partial charge is 0.349 e. The summed E-state index contributed by atoms with van der Waals surface area (Å²) in [7, 11) is -1.50. The highest BCUT2D eigenvalue weighted by atomic mass is 32.2. The Hall–Kier alpha value is -1.44. The lowest BCUT2D eigenvalue weighted by Gasteiger charge is -2.34. The van der Waals surface area contributed by atoms with Crippen LogP contribution in [0.3, 0.4) is 0 Å². The van der Waals surface area contributed by atoms with E-state index in [0.29, 0.717) is 30.5 Å². The lowest BCUT2D eigenvalue weighted by atomic mass is 9.94. The lowest BCUT2D eigenvalue weighted by Crippen LogP contribution is -2.43. The maximum atomic E-state index is 13.1. The number of likely N-dealkylation sites (tertiary alicyclic amines) is 1. The summed E-state index contributed by atoms with van der Waals surface area (Å²) in [6.07, 6.45) is 2.89. The van der Waals surface area contributed by atoms with Crippen LogP contribution in [0, 0.1) is 11.8 Å². The summed E-state index contributed by atoms with van der Waals surface area (Å²) in [5.41, 5.74) is 0.410. The van der Waals surface area contributed by atoms with Crippen LogP contribution in [0.4, 0.5) is 0 Å². The third-order valence-electron chi connectivity index (χ3n) is 5.62. The molecule has 0 spiro atoms. The van der Waals surface area contributed by atoms with Crippen molar-refractivity contribution in [3.8, 4) is 0 Å². The number of rotatable bonds is 4. The van der Waals surface area contributed by atoms with Crippen LogP contribution >= 0.6 is 0 Å². The average Bonchev–Trinajstić information content (AvgIpc) is 2.63. The van der Waals surface area contributed by atoms with Crippen molar-refractivity contribution in [1.29, 1.82) is 0 Å². The third kappa shape index (κ3) is 4.89. The Balaban J connectivity index is 1.73. The second-order valence-corrected chi connectivity index (χ2v) is 10.3. The van der Waals surface area contributed by atoms with Crippen molar-refractivity contribution in [3.63, 3.8) is 0 Å². The number of benzene rings is 1. The molecule has 7 heteroatoms. The number of carbonyl (C=O) groups is 1. The summed E-state index contributed by atoms with van der Waals surface area (Å²) in [5, 5.41) is 3.05. The fraction of sp³-hybridized carbons (Fsp3) is 0.650. The van der Waals surface area contributed by atoms with Crippen LogP contribution < -0.4 is 5.32 Å². The van der Waals surface area contributed by atoms with E-state index < -0.39 is 10.0 Å². The first-order valence-corrected chi connectivity index (χ1v) is 11.3. The summed E-state index contributed by atoms with van der Waals surface area (Å²) in [5.74, 6) is 0.501. The number of amides is 1. The van der Waals surface area contributed by atoms with Crippen LogP contribution in [0.15, 0.2) is 29.2 Å². The van der Waals surface area contributed by atoms with E-state index in [1.165, 1.54) is 6.07 Å². The van der Waals surface area contributed by atoms with Gasteiger partial charge in [-0.05, 0) is 69.4 Å². The Labute approximate surface area is 163 Å². The number of piperidine rings is 2. The fourth-order valence-corrected chi connectivity index (χ4v) is 5.90. The molecule has 1 amide bonds. The van der Waals surface area contributed by atoms with Crippen molar-refractivity contribution in [2.24, 2.45) is 11.8 Å². The number of carbonyl (C=O) groups excluding carboxylic acids is 1. The number of nitrogens with zero attached hydrogens (tertiary/aromatic N) is 2. The quantitative estimate of drug-likeness (QED) is 0.851. The van der Waals surface area contributed by atoms with Crippen LogP contribution in [0.2, 0.25) is 0 Å². The van der Waals surface area contributed by atoms with E-state index in [2.05, 4.69) is 31.1 Å². The average molecular weight is 394 g/mol. The van der Waals surface area contributed by atoms with Crippen molar-refractivity contribution in [3.05, 3.63) is 29.8 Å². The van der Waals surface area contributed by atoms with Gasteiger partial charge in [0.05, 0.1) is 4.90 Å². The Kier molecular flexibility index (Phi) is 6.23. The number of hydrogen-bond acceptors (Lipinski definition) is 4. The van der Waals surface area contributed by atoms with Gasteiger partial charge in [0, 0.05) is 24.7 Å². The van der Waals surface area contributed by atoms with E-state index in [1.54, 1.807) is 22.5 Å². The van der Waals surface area contributed by atoms with Gasteiger partial charge in [-0.25, -0.2) is 8.42 Å². The smallest absolute Gasteiger partial charge is 0.251 e. The summed E-state index contributed by atoms with van der Waals surface area (Å²) < 4.78 is 27.7. The maximum absolute atomic E-state index is 13.1. The zero-order valence-electron chi connectivity index (χ0n) is 16.5. The highest BCUT2D eigenvalue weighted by Crippen LogP contribution is 2.27. The molecule has 2 atom stereocenters. The maximum Gasteiger partial charge on any atom is 0.251 e. The zero-order chi connectivity index (χ0) is 19.6.